The van der Waals surface area contributed by atoms with Crippen molar-refractivity contribution in [2.24, 2.45) is 17.8 Å². The molecule has 3 aliphatic rings. The second-order valence-corrected chi connectivity index (χ2v) is 6.51. The Morgan fingerprint density at radius 1 is 1.42 bits per heavy atom. The Kier molecular flexibility index (Phi) is 3.23. The molecule has 3 unspecified atom stereocenters. The summed E-state index contributed by atoms with van der Waals surface area (Å²) in [4.78, 5) is 14.3. The molecule has 0 aromatic rings. The monoisotopic (exact) mass is 262 g/mol. The summed E-state index contributed by atoms with van der Waals surface area (Å²) in [6, 6.07) is 2.28. The fraction of sp³-hybridized carbons (Fsp3) is 0.857. The van der Waals surface area contributed by atoms with Gasteiger partial charge in [0, 0.05) is 13.1 Å². The number of carbonyl (C=O) groups excluding carboxylic acids is 1. The van der Waals surface area contributed by atoms with Gasteiger partial charge in [-0.1, -0.05) is 0 Å². The molecule has 19 heavy (non-hydrogen) atoms. The number of hydrogen-bond donors (Lipinski definition) is 2. The molecule has 0 bridgehead atoms. The van der Waals surface area contributed by atoms with E-state index < -0.39 is 5.54 Å². The Balaban J connectivity index is 1.50. The molecule has 2 aliphatic heterocycles. The molecule has 0 radical (unpaired) electrons. The highest BCUT2D eigenvalue weighted by molar-refractivity contribution is 5.79. The van der Waals surface area contributed by atoms with Crippen LogP contribution in [0.25, 0.3) is 0 Å². The first-order valence-corrected chi connectivity index (χ1v) is 7.26. The Morgan fingerprint density at radius 3 is 2.58 bits per heavy atom. The smallest absolute Gasteiger partial charge is 0.235 e. The van der Waals surface area contributed by atoms with Gasteiger partial charge in [0.25, 0.3) is 0 Å². The van der Waals surface area contributed by atoms with Crippen LogP contribution < -0.4 is 10.6 Å². The van der Waals surface area contributed by atoms with E-state index in [0.717, 1.165) is 39.0 Å². The predicted octanol–water partition coefficient (Wildman–Crippen LogP) is -0.0539. The molecule has 0 spiro atoms. The summed E-state index contributed by atoms with van der Waals surface area (Å²) < 4.78 is 0. The van der Waals surface area contributed by atoms with Crippen LogP contribution in [0, 0.1) is 29.1 Å². The predicted molar refractivity (Wildman–Crippen MR) is 71.2 cm³/mol. The maximum atomic E-state index is 12.1. The third-order valence-electron chi connectivity index (χ3n) is 4.86. The summed E-state index contributed by atoms with van der Waals surface area (Å²) in [6.07, 6.45) is 2.12. The highest BCUT2D eigenvalue weighted by Crippen LogP contribution is 2.39. The molecule has 0 aromatic heterocycles. The Bertz CT molecular complexity index is 402. The molecular weight excluding hydrogens is 240 g/mol. The lowest BCUT2D eigenvalue weighted by Crippen LogP contribution is -2.50. The highest BCUT2D eigenvalue weighted by atomic mass is 16.2. The van der Waals surface area contributed by atoms with Crippen molar-refractivity contribution in [1.29, 1.82) is 5.26 Å². The van der Waals surface area contributed by atoms with E-state index in [1.807, 2.05) is 6.92 Å². The number of fused-ring (bicyclic) bond motifs is 1. The lowest BCUT2D eigenvalue weighted by atomic mass is 9.98. The quantitative estimate of drug-likeness (QED) is 0.745. The van der Waals surface area contributed by atoms with Crippen LogP contribution in [0.15, 0.2) is 0 Å². The molecule has 5 heteroatoms. The van der Waals surface area contributed by atoms with Crippen molar-refractivity contribution >= 4 is 5.91 Å². The fourth-order valence-electron chi connectivity index (χ4n) is 3.50. The van der Waals surface area contributed by atoms with Crippen molar-refractivity contribution in [2.75, 3.05) is 32.7 Å². The van der Waals surface area contributed by atoms with Crippen molar-refractivity contribution in [2.45, 2.75) is 25.3 Å². The normalized spacial score (nSPS) is 33.5. The standard InChI is InChI=1S/C14H22N4O/c1-14(9-15,12-2-3-12)17-13(19)8-18-6-10-4-16-5-11(10)7-18/h10-12,16H,2-8H2,1H3,(H,17,19). The Labute approximate surface area is 114 Å². The lowest BCUT2D eigenvalue weighted by Gasteiger charge is -2.25. The number of amides is 1. The zero-order valence-corrected chi connectivity index (χ0v) is 11.5. The topological polar surface area (TPSA) is 68.2 Å². The van der Waals surface area contributed by atoms with E-state index in [-0.39, 0.29) is 5.91 Å². The minimum absolute atomic E-state index is 0.00360. The van der Waals surface area contributed by atoms with E-state index in [9.17, 15) is 10.1 Å². The average molecular weight is 262 g/mol. The first-order valence-electron chi connectivity index (χ1n) is 7.26. The minimum Gasteiger partial charge on any atom is -0.337 e. The van der Waals surface area contributed by atoms with Gasteiger partial charge in [0.2, 0.25) is 5.91 Å². The van der Waals surface area contributed by atoms with Crippen LogP contribution >= 0.6 is 0 Å². The van der Waals surface area contributed by atoms with Gasteiger partial charge in [-0.05, 0) is 50.6 Å². The maximum Gasteiger partial charge on any atom is 0.235 e. The number of rotatable bonds is 4. The maximum absolute atomic E-state index is 12.1. The largest absolute Gasteiger partial charge is 0.337 e. The molecule has 1 saturated carbocycles. The van der Waals surface area contributed by atoms with E-state index >= 15 is 0 Å². The summed E-state index contributed by atoms with van der Waals surface area (Å²) in [5, 5.41) is 15.6. The van der Waals surface area contributed by atoms with Crippen LogP contribution in [0.2, 0.25) is 0 Å². The van der Waals surface area contributed by atoms with E-state index in [4.69, 9.17) is 0 Å². The average Bonchev–Trinajstić information content (AvgIpc) is 3.03. The van der Waals surface area contributed by atoms with E-state index in [1.165, 1.54) is 0 Å². The van der Waals surface area contributed by atoms with Crippen molar-refractivity contribution in [3.63, 3.8) is 0 Å². The van der Waals surface area contributed by atoms with Gasteiger partial charge in [-0.15, -0.1) is 0 Å². The molecule has 2 N–H and O–H groups in total. The summed E-state index contributed by atoms with van der Waals surface area (Å²) in [7, 11) is 0. The summed E-state index contributed by atoms with van der Waals surface area (Å²) in [5.74, 6) is 1.77. The minimum atomic E-state index is -0.658. The highest BCUT2D eigenvalue weighted by Gasteiger charge is 2.43. The van der Waals surface area contributed by atoms with Gasteiger partial charge in [-0.2, -0.15) is 5.26 Å². The van der Waals surface area contributed by atoms with E-state index in [0.29, 0.717) is 24.3 Å². The Morgan fingerprint density at radius 2 is 2.05 bits per heavy atom. The molecule has 5 nitrogen and oxygen atoms in total. The summed E-state index contributed by atoms with van der Waals surface area (Å²) in [6.45, 7) is 6.49. The van der Waals surface area contributed by atoms with Crippen LogP contribution in [0.5, 0.6) is 0 Å². The molecule has 104 valence electrons. The SMILES string of the molecule is CC(C#N)(NC(=O)CN1CC2CNCC2C1)C1CC1. The van der Waals surface area contributed by atoms with Crippen LogP contribution in [0.1, 0.15) is 19.8 Å². The van der Waals surface area contributed by atoms with Gasteiger partial charge in [-0.25, -0.2) is 0 Å². The molecule has 3 atom stereocenters. The van der Waals surface area contributed by atoms with Crippen molar-refractivity contribution < 1.29 is 4.79 Å². The second-order valence-electron chi connectivity index (χ2n) is 6.51. The van der Waals surface area contributed by atoms with Crippen molar-refractivity contribution in [3.05, 3.63) is 0 Å². The second kappa shape index (κ2) is 4.77. The summed E-state index contributed by atoms with van der Waals surface area (Å²) >= 11 is 0. The summed E-state index contributed by atoms with van der Waals surface area (Å²) in [5.41, 5.74) is -0.658. The van der Waals surface area contributed by atoms with Crippen LogP contribution in [0.4, 0.5) is 0 Å². The number of hydrogen-bond acceptors (Lipinski definition) is 4. The molecule has 3 rings (SSSR count). The lowest BCUT2D eigenvalue weighted by molar-refractivity contribution is -0.123. The molecule has 3 fully saturated rings. The van der Waals surface area contributed by atoms with Crippen molar-refractivity contribution in [3.8, 4) is 6.07 Å². The van der Waals surface area contributed by atoms with E-state index in [1.54, 1.807) is 0 Å². The molecule has 0 aromatic carbocycles. The molecule has 1 amide bonds. The van der Waals surface area contributed by atoms with E-state index in [2.05, 4.69) is 21.6 Å². The van der Waals surface area contributed by atoms with Crippen LogP contribution in [-0.4, -0.2) is 49.1 Å². The van der Waals surface area contributed by atoms with Gasteiger partial charge < -0.3 is 10.6 Å². The number of nitrogens with one attached hydrogen (secondary N) is 2. The third kappa shape index (κ3) is 2.60. The molecular formula is C14H22N4O. The van der Waals surface area contributed by atoms with Gasteiger partial charge in [-0.3, -0.25) is 9.69 Å². The number of likely N-dealkylation sites (tertiary alicyclic amines) is 1. The number of nitrogens with zero attached hydrogens (tertiary/aromatic N) is 2. The fourth-order valence-corrected chi connectivity index (χ4v) is 3.50. The van der Waals surface area contributed by atoms with Crippen molar-refractivity contribution in [1.82, 2.24) is 15.5 Å². The molecule has 2 heterocycles. The van der Waals surface area contributed by atoms with Crippen LogP contribution in [0.3, 0.4) is 0 Å². The number of nitriles is 1. The zero-order valence-electron chi connectivity index (χ0n) is 11.5. The van der Waals surface area contributed by atoms with Gasteiger partial charge in [0.15, 0.2) is 0 Å². The van der Waals surface area contributed by atoms with Gasteiger partial charge in [0.05, 0.1) is 12.6 Å². The number of carbonyl (C=O) groups is 1. The van der Waals surface area contributed by atoms with Crippen LogP contribution in [-0.2, 0) is 4.79 Å². The third-order valence-corrected chi connectivity index (χ3v) is 4.86. The molecule has 1 aliphatic carbocycles. The Hall–Kier alpha value is -1.12. The van der Waals surface area contributed by atoms with Gasteiger partial charge in [0.1, 0.15) is 5.54 Å². The first kappa shape index (κ1) is 12.9. The molecule has 2 saturated heterocycles. The first-order chi connectivity index (χ1) is 9.10. The zero-order chi connectivity index (χ0) is 13.5. The van der Waals surface area contributed by atoms with Gasteiger partial charge >= 0.3 is 0 Å².